The van der Waals surface area contributed by atoms with Crippen molar-refractivity contribution >= 4 is 17.3 Å². The molecule has 26 heavy (non-hydrogen) atoms. The quantitative estimate of drug-likeness (QED) is 0.658. The van der Waals surface area contributed by atoms with Gasteiger partial charge in [-0.15, -0.1) is 0 Å². The number of anilines is 2. The summed E-state index contributed by atoms with van der Waals surface area (Å²) in [5.41, 5.74) is 1.57. The first-order chi connectivity index (χ1) is 12.7. The lowest BCUT2D eigenvalue weighted by molar-refractivity contribution is -0.114. The molecule has 3 rings (SSSR count). The number of nitrogens with one attached hydrogen (secondary N) is 2. The molecule has 132 valence electrons. The summed E-state index contributed by atoms with van der Waals surface area (Å²) < 4.78 is 10.8. The molecule has 0 atom stereocenters. The van der Waals surface area contributed by atoms with E-state index in [1.54, 1.807) is 7.11 Å². The van der Waals surface area contributed by atoms with E-state index >= 15 is 0 Å². The van der Waals surface area contributed by atoms with Crippen LogP contribution in [0, 0.1) is 0 Å². The molecule has 0 aliphatic heterocycles. The van der Waals surface area contributed by atoms with Gasteiger partial charge in [0.1, 0.15) is 17.2 Å². The molecule has 0 aliphatic carbocycles. The highest BCUT2D eigenvalue weighted by molar-refractivity contribution is 5.93. The minimum Gasteiger partial charge on any atom is -0.497 e. The van der Waals surface area contributed by atoms with Gasteiger partial charge in [0.05, 0.1) is 13.7 Å². The summed E-state index contributed by atoms with van der Waals surface area (Å²) in [5, 5.41) is 5.91. The van der Waals surface area contributed by atoms with Crippen LogP contribution in [0.2, 0.25) is 0 Å². The minimum atomic E-state index is -0.127. The van der Waals surface area contributed by atoms with Crippen molar-refractivity contribution in [2.75, 3.05) is 24.3 Å². The van der Waals surface area contributed by atoms with Gasteiger partial charge in [-0.05, 0) is 60.7 Å². The number of hydrogen-bond acceptors (Lipinski definition) is 4. The van der Waals surface area contributed by atoms with Gasteiger partial charge in [0.2, 0.25) is 5.91 Å². The maximum atomic E-state index is 12.1. The first-order valence-electron chi connectivity index (χ1n) is 8.24. The van der Waals surface area contributed by atoms with Crippen molar-refractivity contribution in [2.45, 2.75) is 0 Å². The molecule has 0 saturated carbocycles. The fraction of sp³-hybridized carbons (Fsp3) is 0.0952. The van der Waals surface area contributed by atoms with Gasteiger partial charge >= 0.3 is 0 Å². The van der Waals surface area contributed by atoms with Crippen LogP contribution >= 0.6 is 0 Å². The topological polar surface area (TPSA) is 59.6 Å². The Morgan fingerprint density at radius 2 is 1.35 bits per heavy atom. The zero-order valence-electron chi connectivity index (χ0n) is 14.4. The number of carbonyl (C=O) groups excluding carboxylic acids is 1. The SMILES string of the molecule is COc1ccc(NCC(=O)Nc2ccc(Oc3ccccc3)cc2)cc1. The molecule has 1 amide bonds. The molecule has 0 bridgehead atoms. The molecule has 2 N–H and O–H groups in total. The van der Waals surface area contributed by atoms with Gasteiger partial charge in [0, 0.05) is 11.4 Å². The molecule has 0 unspecified atom stereocenters. The van der Waals surface area contributed by atoms with Crippen LogP contribution in [-0.2, 0) is 4.79 Å². The van der Waals surface area contributed by atoms with Crippen LogP contribution < -0.4 is 20.1 Å². The Kier molecular flexibility index (Phi) is 5.72. The lowest BCUT2D eigenvalue weighted by Gasteiger charge is -2.09. The average Bonchev–Trinajstić information content (AvgIpc) is 2.69. The third kappa shape index (κ3) is 5.01. The monoisotopic (exact) mass is 348 g/mol. The van der Waals surface area contributed by atoms with Crippen LogP contribution in [0.15, 0.2) is 78.9 Å². The van der Waals surface area contributed by atoms with Crippen LogP contribution in [0.25, 0.3) is 0 Å². The van der Waals surface area contributed by atoms with Gasteiger partial charge in [0.25, 0.3) is 0 Å². The van der Waals surface area contributed by atoms with Gasteiger partial charge in [-0.2, -0.15) is 0 Å². The molecule has 0 heterocycles. The molecule has 0 radical (unpaired) electrons. The zero-order valence-corrected chi connectivity index (χ0v) is 14.4. The Morgan fingerprint density at radius 3 is 2.00 bits per heavy atom. The third-order valence-corrected chi connectivity index (χ3v) is 3.66. The molecule has 0 spiro atoms. The number of para-hydroxylation sites is 1. The van der Waals surface area contributed by atoms with Crippen molar-refractivity contribution < 1.29 is 14.3 Å². The number of methoxy groups -OCH3 is 1. The predicted octanol–water partition coefficient (Wildman–Crippen LogP) is 4.54. The highest BCUT2D eigenvalue weighted by Gasteiger charge is 2.03. The number of benzene rings is 3. The molecule has 0 fully saturated rings. The van der Waals surface area contributed by atoms with Crippen LogP contribution in [0.1, 0.15) is 0 Å². The van der Waals surface area contributed by atoms with E-state index in [1.807, 2.05) is 78.9 Å². The second-order valence-electron chi connectivity index (χ2n) is 5.57. The first kappa shape index (κ1) is 17.4. The van der Waals surface area contributed by atoms with E-state index in [-0.39, 0.29) is 12.5 Å². The molecule has 5 heteroatoms. The Bertz CT molecular complexity index is 831. The number of rotatable bonds is 7. The van der Waals surface area contributed by atoms with Crippen LogP contribution in [-0.4, -0.2) is 19.6 Å². The van der Waals surface area contributed by atoms with Gasteiger partial charge < -0.3 is 20.1 Å². The van der Waals surface area contributed by atoms with Gasteiger partial charge in [-0.25, -0.2) is 0 Å². The van der Waals surface area contributed by atoms with E-state index in [1.165, 1.54) is 0 Å². The molecule has 3 aromatic rings. The number of hydrogen-bond donors (Lipinski definition) is 2. The van der Waals surface area contributed by atoms with E-state index in [9.17, 15) is 4.79 Å². The van der Waals surface area contributed by atoms with Crippen LogP contribution in [0.3, 0.4) is 0 Å². The zero-order chi connectivity index (χ0) is 18.2. The fourth-order valence-corrected chi connectivity index (χ4v) is 2.33. The largest absolute Gasteiger partial charge is 0.497 e. The van der Waals surface area contributed by atoms with Crippen molar-refractivity contribution in [1.82, 2.24) is 0 Å². The van der Waals surface area contributed by atoms with Gasteiger partial charge in [-0.1, -0.05) is 18.2 Å². The van der Waals surface area contributed by atoms with E-state index in [2.05, 4.69) is 10.6 Å². The maximum absolute atomic E-state index is 12.1. The predicted molar refractivity (Wildman–Crippen MR) is 103 cm³/mol. The van der Waals surface area contributed by atoms with Gasteiger partial charge in [-0.3, -0.25) is 4.79 Å². The molecule has 3 aromatic carbocycles. The Morgan fingerprint density at radius 1 is 0.769 bits per heavy atom. The molecule has 5 nitrogen and oxygen atoms in total. The van der Waals surface area contributed by atoms with E-state index in [4.69, 9.17) is 9.47 Å². The summed E-state index contributed by atoms with van der Waals surface area (Å²) in [5.74, 6) is 2.13. The Balaban J connectivity index is 1.49. The van der Waals surface area contributed by atoms with Crippen molar-refractivity contribution in [3.05, 3.63) is 78.9 Å². The molecular formula is C21H20N2O3. The van der Waals surface area contributed by atoms with Crippen molar-refractivity contribution in [1.29, 1.82) is 0 Å². The van der Waals surface area contributed by atoms with Crippen LogP contribution in [0.4, 0.5) is 11.4 Å². The third-order valence-electron chi connectivity index (χ3n) is 3.66. The highest BCUT2D eigenvalue weighted by atomic mass is 16.5. The molecular weight excluding hydrogens is 328 g/mol. The summed E-state index contributed by atoms with van der Waals surface area (Å²) in [7, 11) is 1.62. The smallest absolute Gasteiger partial charge is 0.243 e. The second-order valence-corrected chi connectivity index (χ2v) is 5.57. The summed E-state index contributed by atoms with van der Waals surface area (Å²) >= 11 is 0. The maximum Gasteiger partial charge on any atom is 0.243 e. The summed E-state index contributed by atoms with van der Waals surface area (Å²) in [6, 6.07) is 24.2. The lowest BCUT2D eigenvalue weighted by Crippen LogP contribution is -2.21. The summed E-state index contributed by atoms with van der Waals surface area (Å²) in [6.07, 6.45) is 0. The average molecular weight is 348 g/mol. The number of ether oxygens (including phenoxy) is 2. The second kappa shape index (κ2) is 8.58. The summed E-state index contributed by atoms with van der Waals surface area (Å²) in [6.45, 7) is 0.175. The molecule has 0 aromatic heterocycles. The molecule has 0 aliphatic rings. The molecule has 0 saturated heterocycles. The number of carbonyl (C=O) groups is 1. The van der Waals surface area contributed by atoms with E-state index in [0.29, 0.717) is 11.4 Å². The Labute approximate surface area is 152 Å². The van der Waals surface area contributed by atoms with Crippen molar-refractivity contribution in [3.8, 4) is 17.2 Å². The van der Waals surface area contributed by atoms with Crippen molar-refractivity contribution in [2.24, 2.45) is 0 Å². The summed E-state index contributed by atoms with van der Waals surface area (Å²) in [4.78, 5) is 12.1. The van der Waals surface area contributed by atoms with E-state index in [0.717, 1.165) is 17.2 Å². The Hall–Kier alpha value is -3.47. The minimum absolute atomic E-state index is 0.127. The highest BCUT2D eigenvalue weighted by Crippen LogP contribution is 2.22. The normalized spacial score (nSPS) is 10.0. The van der Waals surface area contributed by atoms with Crippen molar-refractivity contribution in [3.63, 3.8) is 0 Å². The first-order valence-corrected chi connectivity index (χ1v) is 8.24. The lowest BCUT2D eigenvalue weighted by atomic mass is 10.3. The standard InChI is InChI=1S/C21H20N2O3/c1-25-18-11-7-16(8-12-18)22-15-21(24)23-17-9-13-20(14-10-17)26-19-5-3-2-4-6-19/h2-14,22H,15H2,1H3,(H,23,24). The van der Waals surface area contributed by atoms with Crippen LogP contribution in [0.5, 0.6) is 17.2 Å². The fourth-order valence-electron chi connectivity index (χ4n) is 2.33. The van der Waals surface area contributed by atoms with Gasteiger partial charge in [0.15, 0.2) is 0 Å². The van der Waals surface area contributed by atoms with E-state index < -0.39 is 0 Å². The number of amides is 1.